The fourth-order valence-electron chi connectivity index (χ4n) is 5.12. The van der Waals surface area contributed by atoms with Gasteiger partial charge in [0.1, 0.15) is 0 Å². The monoisotopic (exact) mass is 452 g/mol. The van der Waals surface area contributed by atoms with Gasteiger partial charge in [-0.2, -0.15) is 0 Å². The summed E-state index contributed by atoms with van der Waals surface area (Å²) in [4.78, 5) is 32.8. The summed E-state index contributed by atoms with van der Waals surface area (Å²) < 4.78 is 5.57. The average molecular weight is 453 g/mol. The number of likely N-dealkylation sites (tertiary alicyclic amines) is 1. The van der Waals surface area contributed by atoms with E-state index in [0.29, 0.717) is 22.2 Å². The standard InChI is InChI=1S/C29H28N2O3/c1-19-9-7-10-20(2)31(19)28(32)18-34-29(33)25-17-27(30-26-16-6-5-14-24(25)26)23-15-8-12-21-11-3-4-13-22(21)23/h3-6,8,11-17,19-20H,7,9-10,18H2,1-2H3/t19-,20-/m0/s1. The summed E-state index contributed by atoms with van der Waals surface area (Å²) in [5.41, 5.74) is 2.78. The Morgan fingerprint density at radius 1 is 0.912 bits per heavy atom. The van der Waals surface area contributed by atoms with E-state index in [1.54, 1.807) is 6.07 Å². The number of piperidine rings is 1. The number of esters is 1. The molecule has 1 amide bonds. The van der Waals surface area contributed by atoms with Gasteiger partial charge in [0.05, 0.1) is 16.8 Å². The number of fused-ring (bicyclic) bond motifs is 2. The normalized spacial score (nSPS) is 18.2. The minimum absolute atomic E-state index is 0.138. The Bertz CT molecular complexity index is 1370. The number of hydrogen-bond acceptors (Lipinski definition) is 4. The number of carbonyl (C=O) groups excluding carboxylic acids is 2. The highest BCUT2D eigenvalue weighted by atomic mass is 16.5. The predicted molar refractivity (Wildman–Crippen MR) is 135 cm³/mol. The quantitative estimate of drug-likeness (QED) is 0.356. The zero-order chi connectivity index (χ0) is 23.7. The Morgan fingerprint density at radius 2 is 1.59 bits per heavy atom. The minimum Gasteiger partial charge on any atom is -0.452 e. The van der Waals surface area contributed by atoms with Gasteiger partial charge in [-0.05, 0) is 56.0 Å². The van der Waals surface area contributed by atoms with Crippen molar-refractivity contribution in [2.75, 3.05) is 6.61 Å². The molecule has 0 unspecified atom stereocenters. The zero-order valence-electron chi connectivity index (χ0n) is 19.5. The first-order valence-electron chi connectivity index (χ1n) is 11.9. The first-order chi connectivity index (χ1) is 16.5. The number of ether oxygens (including phenoxy) is 1. The maximum atomic E-state index is 13.2. The molecule has 5 heteroatoms. The van der Waals surface area contributed by atoms with Gasteiger partial charge in [-0.3, -0.25) is 4.79 Å². The van der Waals surface area contributed by atoms with Crippen LogP contribution in [-0.2, 0) is 9.53 Å². The van der Waals surface area contributed by atoms with Crippen LogP contribution in [0.2, 0.25) is 0 Å². The topological polar surface area (TPSA) is 59.5 Å². The lowest BCUT2D eigenvalue weighted by Gasteiger charge is -2.38. The SMILES string of the molecule is C[C@H]1CCC[C@H](C)N1C(=O)COC(=O)c1cc(-c2cccc3ccccc23)nc2ccccc12. The van der Waals surface area contributed by atoms with Crippen molar-refractivity contribution in [2.24, 2.45) is 0 Å². The number of pyridine rings is 1. The molecule has 1 aromatic heterocycles. The van der Waals surface area contributed by atoms with Crippen LogP contribution in [0.15, 0.2) is 72.8 Å². The fourth-order valence-corrected chi connectivity index (χ4v) is 5.12. The van der Waals surface area contributed by atoms with E-state index in [2.05, 4.69) is 32.0 Å². The van der Waals surface area contributed by atoms with Gasteiger partial charge in [-0.15, -0.1) is 0 Å². The Kier molecular flexibility index (Phi) is 6.01. The van der Waals surface area contributed by atoms with Gasteiger partial charge in [0.25, 0.3) is 5.91 Å². The highest BCUT2D eigenvalue weighted by molar-refractivity contribution is 6.06. The second-order valence-electron chi connectivity index (χ2n) is 9.11. The number of benzene rings is 3. The molecule has 34 heavy (non-hydrogen) atoms. The molecule has 0 radical (unpaired) electrons. The van der Waals surface area contributed by atoms with Crippen LogP contribution in [0.5, 0.6) is 0 Å². The molecule has 172 valence electrons. The van der Waals surface area contributed by atoms with E-state index < -0.39 is 5.97 Å². The number of aromatic nitrogens is 1. The molecule has 0 N–H and O–H groups in total. The molecular weight excluding hydrogens is 424 g/mol. The molecular formula is C29H28N2O3. The van der Waals surface area contributed by atoms with Crippen LogP contribution in [0.4, 0.5) is 0 Å². The van der Waals surface area contributed by atoms with Crippen LogP contribution in [-0.4, -0.2) is 40.5 Å². The highest BCUT2D eigenvalue weighted by Gasteiger charge is 2.29. The van der Waals surface area contributed by atoms with Crippen molar-refractivity contribution in [1.82, 2.24) is 9.88 Å². The average Bonchev–Trinajstić information content (AvgIpc) is 2.86. The lowest BCUT2D eigenvalue weighted by molar-refractivity contribution is -0.140. The van der Waals surface area contributed by atoms with E-state index in [9.17, 15) is 9.59 Å². The second-order valence-corrected chi connectivity index (χ2v) is 9.11. The van der Waals surface area contributed by atoms with E-state index in [4.69, 9.17) is 9.72 Å². The van der Waals surface area contributed by atoms with Gasteiger partial charge in [0.2, 0.25) is 0 Å². The molecule has 0 saturated carbocycles. The molecule has 3 aromatic carbocycles. The zero-order valence-corrected chi connectivity index (χ0v) is 19.5. The number of para-hydroxylation sites is 1. The van der Waals surface area contributed by atoms with Crippen molar-refractivity contribution in [3.05, 3.63) is 78.4 Å². The summed E-state index contributed by atoms with van der Waals surface area (Å²) in [6, 6.07) is 23.8. The third kappa shape index (κ3) is 4.14. The molecule has 0 spiro atoms. The largest absolute Gasteiger partial charge is 0.452 e. The van der Waals surface area contributed by atoms with Crippen LogP contribution in [0.25, 0.3) is 32.9 Å². The van der Waals surface area contributed by atoms with E-state index in [1.165, 1.54) is 0 Å². The van der Waals surface area contributed by atoms with Crippen molar-refractivity contribution < 1.29 is 14.3 Å². The molecule has 2 atom stereocenters. The number of carbonyl (C=O) groups is 2. The molecule has 5 nitrogen and oxygen atoms in total. The van der Waals surface area contributed by atoms with Crippen molar-refractivity contribution >= 4 is 33.6 Å². The van der Waals surface area contributed by atoms with Crippen LogP contribution in [0, 0.1) is 0 Å². The van der Waals surface area contributed by atoms with Gasteiger partial charge in [0, 0.05) is 23.0 Å². The molecule has 1 aliphatic heterocycles. The lowest BCUT2D eigenvalue weighted by atomic mass is 9.97. The van der Waals surface area contributed by atoms with Crippen molar-refractivity contribution in [3.8, 4) is 11.3 Å². The Labute approximate surface area is 199 Å². The van der Waals surface area contributed by atoms with E-state index in [1.807, 2.05) is 53.4 Å². The molecule has 0 bridgehead atoms. The molecule has 1 aliphatic rings. The summed E-state index contributed by atoms with van der Waals surface area (Å²) in [6.45, 7) is 3.86. The van der Waals surface area contributed by atoms with Gasteiger partial charge >= 0.3 is 5.97 Å². The predicted octanol–water partition coefficient (Wildman–Crippen LogP) is 6.00. The molecule has 2 heterocycles. The maximum absolute atomic E-state index is 13.2. The number of nitrogens with zero attached hydrogens (tertiary/aromatic N) is 2. The van der Waals surface area contributed by atoms with E-state index >= 15 is 0 Å². The van der Waals surface area contributed by atoms with Crippen LogP contribution in [0.3, 0.4) is 0 Å². The van der Waals surface area contributed by atoms with Crippen molar-refractivity contribution in [2.45, 2.75) is 45.2 Å². The summed E-state index contributed by atoms with van der Waals surface area (Å²) in [6.07, 6.45) is 3.08. The molecule has 1 fully saturated rings. The molecule has 5 rings (SSSR count). The third-order valence-corrected chi connectivity index (χ3v) is 6.81. The van der Waals surface area contributed by atoms with Crippen molar-refractivity contribution in [3.63, 3.8) is 0 Å². The van der Waals surface area contributed by atoms with Gasteiger partial charge < -0.3 is 9.64 Å². The van der Waals surface area contributed by atoms with Gasteiger partial charge in [0.15, 0.2) is 6.61 Å². The second kappa shape index (κ2) is 9.26. The summed E-state index contributed by atoms with van der Waals surface area (Å²) in [5.74, 6) is -0.647. The van der Waals surface area contributed by atoms with Crippen LogP contribution in [0.1, 0.15) is 43.5 Å². The summed E-state index contributed by atoms with van der Waals surface area (Å²) >= 11 is 0. The highest BCUT2D eigenvalue weighted by Crippen LogP contribution is 2.31. The van der Waals surface area contributed by atoms with E-state index in [-0.39, 0.29) is 24.6 Å². The Balaban J connectivity index is 1.48. The lowest BCUT2D eigenvalue weighted by Crippen LogP contribution is -2.49. The minimum atomic E-state index is -0.509. The van der Waals surface area contributed by atoms with Crippen molar-refractivity contribution in [1.29, 1.82) is 0 Å². The van der Waals surface area contributed by atoms with Gasteiger partial charge in [-0.1, -0.05) is 60.7 Å². The number of rotatable bonds is 4. The summed E-state index contributed by atoms with van der Waals surface area (Å²) in [7, 11) is 0. The first-order valence-corrected chi connectivity index (χ1v) is 11.9. The Hall–Kier alpha value is -3.73. The van der Waals surface area contributed by atoms with Gasteiger partial charge in [-0.25, -0.2) is 9.78 Å². The molecule has 4 aromatic rings. The maximum Gasteiger partial charge on any atom is 0.339 e. The third-order valence-electron chi connectivity index (χ3n) is 6.81. The van der Waals surface area contributed by atoms with E-state index in [0.717, 1.165) is 35.6 Å². The van der Waals surface area contributed by atoms with Crippen LogP contribution < -0.4 is 0 Å². The first kappa shape index (κ1) is 22.1. The summed E-state index contributed by atoms with van der Waals surface area (Å²) in [5, 5.41) is 2.88. The fraction of sp³-hybridized carbons (Fsp3) is 0.276. The molecule has 1 saturated heterocycles. The Morgan fingerprint density at radius 3 is 2.38 bits per heavy atom. The number of hydrogen-bond donors (Lipinski definition) is 0. The molecule has 0 aliphatic carbocycles. The van der Waals surface area contributed by atoms with Crippen LogP contribution >= 0.6 is 0 Å². The smallest absolute Gasteiger partial charge is 0.339 e. The number of amides is 1.